The number of esters is 1. The van der Waals surface area contributed by atoms with Gasteiger partial charge in [0.05, 0.1) is 12.7 Å². The number of ether oxygens (including phenoxy) is 1. The van der Waals surface area contributed by atoms with Gasteiger partial charge in [-0.1, -0.05) is 24.3 Å². The highest BCUT2D eigenvalue weighted by atomic mass is 16.5. The highest BCUT2D eigenvalue weighted by Crippen LogP contribution is 2.22. The standard InChI is InChI=1S/C12H11O2/c1-14-12(13)11-8-4-6-9-5-2-3-7-10(9)11/h2-6,8H,7H2,1H3. The second kappa shape index (κ2) is 3.66. The smallest absolute Gasteiger partial charge is 0.338 e. The lowest BCUT2D eigenvalue weighted by molar-refractivity contribution is 0.0599. The van der Waals surface area contributed by atoms with Crippen molar-refractivity contribution >= 4 is 5.97 Å². The molecule has 0 N–H and O–H groups in total. The SMILES string of the molecule is COC(=O)c1cccc2c1CC=C[CH]2. The summed E-state index contributed by atoms with van der Waals surface area (Å²) in [6, 6.07) is 5.68. The van der Waals surface area contributed by atoms with Gasteiger partial charge in [-0.15, -0.1) is 0 Å². The molecular formula is C12H11O2. The van der Waals surface area contributed by atoms with E-state index < -0.39 is 0 Å². The maximum Gasteiger partial charge on any atom is 0.338 e. The normalized spacial score (nSPS) is 13.5. The van der Waals surface area contributed by atoms with Crippen molar-refractivity contribution in [2.75, 3.05) is 7.11 Å². The van der Waals surface area contributed by atoms with E-state index in [-0.39, 0.29) is 5.97 Å². The van der Waals surface area contributed by atoms with Crippen LogP contribution in [0.2, 0.25) is 0 Å². The molecular weight excluding hydrogens is 176 g/mol. The van der Waals surface area contributed by atoms with Crippen LogP contribution in [0.5, 0.6) is 0 Å². The monoisotopic (exact) mass is 187 g/mol. The number of hydrogen-bond acceptors (Lipinski definition) is 2. The third-order valence-corrected chi connectivity index (χ3v) is 2.35. The number of fused-ring (bicyclic) bond motifs is 1. The van der Waals surface area contributed by atoms with Crippen molar-refractivity contribution in [3.63, 3.8) is 0 Å². The molecule has 0 aliphatic heterocycles. The maximum absolute atomic E-state index is 11.4. The fourth-order valence-electron chi connectivity index (χ4n) is 1.65. The van der Waals surface area contributed by atoms with Crippen molar-refractivity contribution < 1.29 is 9.53 Å². The summed E-state index contributed by atoms with van der Waals surface area (Å²) >= 11 is 0. The van der Waals surface area contributed by atoms with Crippen LogP contribution in [-0.4, -0.2) is 13.1 Å². The summed E-state index contributed by atoms with van der Waals surface area (Å²) in [6.45, 7) is 0. The molecule has 1 radical (unpaired) electrons. The van der Waals surface area contributed by atoms with Gasteiger partial charge in [0, 0.05) is 6.42 Å². The Morgan fingerprint density at radius 1 is 1.43 bits per heavy atom. The molecule has 0 atom stereocenters. The molecule has 2 heteroatoms. The Balaban J connectivity index is 2.48. The van der Waals surface area contributed by atoms with Gasteiger partial charge in [0.25, 0.3) is 0 Å². The fraction of sp³-hybridized carbons (Fsp3) is 0.167. The summed E-state index contributed by atoms with van der Waals surface area (Å²) in [7, 11) is 1.41. The minimum absolute atomic E-state index is 0.259. The molecule has 71 valence electrons. The zero-order valence-corrected chi connectivity index (χ0v) is 7.99. The predicted octanol–water partition coefficient (Wildman–Crippen LogP) is 2.14. The van der Waals surface area contributed by atoms with Crippen LogP contribution in [0.1, 0.15) is 21.5 Å². The van der Waals surface area contributed by atoms with Crippen molar-refractivity contribution in [1.82, 2.24) is 0 Å². The van der Waals surface area contributed by atoms with Crippen LogP contribution in [0, 0.1) is 6.42 Å². The van der Waals surface area contributed by atoms with Gasteiger partial charge in [-0.3, -0.25) is 0 Å². The lowest BCUT2D eigenvalue weighted by atomic mass is 9.92. The molecule has 14 heavy (non-hydrogen) atoms. The third-order valence-electron chi connectivity index (χ3n) is 2.35. The van der Waals surface area contributed by atoms with Crippen LogP contribution in [0.4, 0.5) is 0 Å². The molecule has 0 aromatic heterocycles. The summed E-state index contributed by atoms with van der Waals surface area (Å²) in [5.74, 6) is -0.259. The number of methoxy groups -OCH3 is 1. The van der Waals surface area contributed by atoms with Gasteiger partial charge in [-0.05, 0) is 23.6 Å². The topological polar surface area (TPSA) is 26.3 Å². The van der Waals surface area contributed by atoms with Gasteiger partial charge in [0.1, 0.15) is 0 Å². The molecule has 0 heterocycles. The Morgan fingerprint density at radius 2 is 2.29 bits per heavy atom. The number of carbonyl (C=O) groups excluding carboxylic acids is 1. The molecule has 1 aliphatic rings. The van der Waals surface area contributed by atoms with Crippen molar-refractivity contribution in [2.24, 2.45) is 0 Å². The van der Waals surface area contributed by atoms with Crippen LogP contribution in [0.25, 0.3) is 0 Å². The molecule has 0 fully saturated rings. The minimum atomic E-state index is -0.259. The van der Waals surface area contributed by atoms with Gasteiger partial charge < -0.3 is 4.74 Å². The summed E-state index contributed by atoms with van der Waals surface area (Å²) in [5.41, 5.74) is 2.84. The average Bonchev–Trinajstić information content (AvgIpc) is 2.27. The zero-order chi connectivity index (χ0) is 9.97. The Kier molecular flexibility index (Phi) is 2.35. The highest BCUT2D eigenvalue weighted by molar-refractivity contribution is 5.91. The van der Waals surface area contributed by atoms with Gasteiger partial charge in [0.15, 0.2) is 0 Å². The lowest BCUT2D eigenvalue weighted by Crippen LogP contribution is -2.08. The highest BCUT2D eigenvalue weighted by Gasteiger charge is 2.15. The first-order valence-electron chi connectivity index (χ1n) is 4.53. The van der Waals surface area contributed by atoms with Crippen molar-refractivity contribution in [1.29, 1.82) is 0 Å². The van der Waals surface area contributed by atoms with E-state index in [1.54, 1.807) is 6.07 Å². The second-order valence-corrected chi connectivity index (χ2v) is 3.16. The first kappa shape index (κ1) is 9.00. The van der Waals surface area contributed by atoms with Gasteiger partial charge in [-0.25, -0.2) is 4.79 Å². The van der Waals surface area contributed by atoms with Crippen LogP contribution in [0.3, 0.4) is 0 Å². The molecule has 2 nitrogen and oxygen atoms in total. The molecule has 0 spiro atoms. The first-order chi connectivity index (χ1) is 6.83. The molecule has 0 amide bonds. The van der Waals surface area contributed by atoms with E-state index >= 15 is 0 Å². The number of allylic oxidation sites excluding steroid dienone is 2. The van der Waals surface area contributed by atoms with Crippen LogP contribution >= 0.6 is 0 Å². The Morgan fingerprint density at radius 3 is 3.07 bits per heavy atom. The summed E-state index contributed by atoms with van der Waals surface area (Å²) < 4.78 is 4.73. The fourth-order valence-corrected chi connectivity index (χ4v) is 1.65. The van der Waals surface area contributed by atoms with E-state index in [1.807, 2.05) is 30.7 Å². The maximum atomic E-state index is 11.4. The second-order valence-electron chi connectivity index (χ2n) is 3.16. The first-order valence-corrected chi connectivity index (χ1v) is 4.53. The molecule has 1 aromatic carbocycles. The van der Waals surface area contributed by atoms with Crippen molar-refractivity contribution in [3.8, 4) is 0 Å². The number of carbonyl (C=O) groups is 1. The lowest BCUT2D eigenvalue weighted by Gasteiger charge is -2.13. The molecule has 0 unspecified atom stereocenters. The van der Waals surface area contributed by atoms with Crippen molar-refractivity contribution in [3.05, 3.63) is 53.5 Å². The molecule has 0 saturated heterocycles. The predicted molar refractivity (Wildman–Crippen MR) is 54.0 cm³/mol. The largest absolute Gasteiger partial charge is 0.465 e. The van der Waals surface area contributed by atoms with Gasteiger partial charge in [0.2, 0.25) is 0 Å². The third kappa shape index (κ3) is 1.43. The molecule has 0 bridgehead atoms. The molecule has 1 aromatic rings. The van der Waals surface area contributed by atoms with E-state index in [0.717, 1.165) is 17.5 Å². The molecule has 1 aliphatic carbocycles. The van der Waals surface area contributed by atoms with Crippen LogP contribution < -0.4 is 0 Å². The van der Waals surface area contributed by atoms with E-state index in [2.05, 4.69) is 0 Å². The van der Waals surface area contributed by atoms with Crippen LogP contribution in [0.15, 0.2) is 30.4 Å². The Labute approximate surface area is 83.2 Å². The minimum Gasteiger partial charge on any atom is -0.465 e. The van der Waals surface area contributed by atoms with E-state index in [4.69, 9.17) is 4.74 Å². The van der Waals surface area contributed by atoms with Crippen molar-refractivity contribution in [2.45, 2.75) is 6.42 Å². The van der Waals surface area contributed by atoms with E-state index in [9.17, 15) is 4.79 Å². The molecule has 2 rings (SSSR count). The van der Waals surface area contributed by atoms with Crippen LogP contribution in [-0.2, 0) is 11.2 Å². The zero-order valence-electron chi connectivity index (χ0n) is 7.99. The average molecular weight is 187 g/mol. The summed E-state index contributed by atoms with van der Waals surface area (Å²) in [4.78, 5) is 11.4. The number of benzene rings is 1. The summed E-state index contributed by atoms with van der Waals surface area (Å²) in [5, 5.41) is 0. The molecule has 0 saturated carbocycles. The Hall–Kier alpha value is -1.57. The Bertz CT molecular complexity index is 391. The number of rotatable bonds is 1. The summed E-state index contributed by atoms with van der Waals surface area (Å²) in [6.07, 6.45) is 6.85. The quantitative estimate of drug-likeness (QED) is 0.629. The van der Waals surface area contributed by atoms with Gasteiger partial charge in [-0.2, -0.15) is 0 Å². The number of hydrogen-bond donors (Lipinski definition) is 0. The van der Waals surface area contributed by atoms with E-state index in [1.165, 1.54) is 7.11 Å². The van der Waals surface area contributed by atoms with Gasteiger partial charge >= 0.3 is 5.97 Å². The van der Waals surface area contributed by atoms with E-state index in [0.29, 0.717) is 5.56 Å².